The molecule has 2 N–H and O–H groups in total. The number of amides is 3. The fourth-order valence-corrected chi connectivity index (χ4v) is 2.84. The molecular weight excluding hydrogens is 298 g/mol. The molecule has 2 atom stereocenters. The van der Waals surface area contributed by atoms with Crippen LogP contribution in [-0.2, 0) is 15.1 Å². The first-order valence-corrected chi connectivity index (χ1v) is 7.85. The second-order valence-corrected chi connectivity index (χ2v) is 7.03. The monoisotopic (exact) mass is 321 g/mol. The average Bonchev–Trinajstić information content (AvgIpc) is 2.95. The summed E-state index contributed by atoms with van der Waals surface area (Å²) >= 11 is 0. The van der Waals surface area contributed by atoms with Gasteiger partial charge in [-0.3, -0.25) is 9.48 Å². The van der Waals surface area contributed by atoms with Crippen molar-refractivity contribution in [2.45, 2.75) is 44.9 Å². The Kier molecular flexibility index (Phi) is 4.01. The second-order valence-electron chi connectivity index (χ2n) is 7.03. The van der Waals surface area contributed by atoms with E-state index < -0.39 is 0 Å². The normalized spacial score (nSPS) is 24.8. The van der Waals surface area contributed by atoms with Crippen LogP contribution in [0, 0.1) is 0 Å². The molecule has 3 heterocycles. The van der Waals surface area contributed by atoms with Crippen LogP contribution in [-0.4, -0.2) is 58.5 Å². The highest BCUT2D eigenvalue weighted by atomic mass is 16.5. The highest BCUT2D eigenvalue weighted by molar-refractivity contribution is 5.89. The highest BCUT2D eigenvalue weighted by Gasteiger charge is 2.36. The number of rotatable bonds is 1. The first kappa shape index (κ1) is 15.8. The third kappa shape index (κ3) is 3.47. The molecule has 0 unspecified atom stereocenters. The molecule has 0 bridgehead atoms. The smallest absolute Gasteiger partial charge is 0.322 e. The van der Waals surface area contributed by atoms with Crippen molar-refractivity contribution in [1.29, 1.82) is 0 Å². The van der Waals surface area contributed by atoms with Gasteiger partial charge in [0.1, 0.15) is 6.61 Å². The van der Waals surface area contributed by atoms with Crippen LogP contribution in [0.15, 0.2) is 12.4 Å². The van der Waals surface area contributed by atoms with Crippen LogP contribution in [0.5, 0.6) is 0 Å². The molecule has 2 aliphatic heterocycles. The van der Waals surface area contributed by atoms with Gasteiger partial charge in [0, 0.05) is 19.3 Å². The fraction of sp³-hybridized carbons (Fsp3) is 0.667. The van der Waals surface area contributed by atoms with Crippen LogP contribution in [0.4, 0.5) is 10.5 Å². The number of piperidine rings is 1. The molecule has 1 aromatic rings. The number of hydrogen-bond acceptors (Lipinski definition) is 4. The Morgan fingerprint density at radius 2 is 2.26 bits per heavy atom. The maximum atomic E-state index is 12.4. The number of carbonyl (C=O) groups is 2. The Labute approximate surface area is 135 Å². The molecule has 0 aromatic carbocycles. The first-order chi connectivity index (χ1) is 10.8. The van der Waals surface area contributed by atoms with Gasteiger partial charge in [0.25, 0.3) is 0 Å². The van der Waals surface area contributed by atoms with E-state index in [1.54, 1.807) is 11.1 Å². The molecule has 2 saturated heterocycles. The molecular formula is C15H23N5O3. The predicted molar refractivity (Wildman–Crippen MR) is 84.1 cm³/mol. The third-order valence-corrected chi connectivity index (χ3v) is 4.13. The molecule has 3 amide bonds. The number of nitrogens with zero attached hydrogens (tertiary/aromatic N) is 3. The Morgan fingerprint density at radius 1 is 1.48 bits per heavy atom. The summed E-state index contributed by atoms with van der Waals surface area (Å²) in [5.74, 6) is -0.125. The van der Waals surface area contributed by atoms with E-state index in [9.17, 15) is 9.59 Å². The zero-order chi connectivity index (χ0) is 16.6. The molecule has 8 heteroatoms. The number of hydrogen-bond donors (Lipinski definition) is 2. The molecule has 2 fully saturated rings. The number of ether oxygens (including phenoxy) is 1. The number of nitrogens with one attached hydrogen (secondary N) is 2. The summed E-state index contributed by atoms with van der Waals surface area (Å²) in [5, 5.41) is 10.0. The number of likely N-dealkylation sites (tertiary alicyclic amines) is 1. The number of morpholine rings is 1. The lowest BCUT2D eigenvalue weighted by Gasteiger charge is -2.40. The van der Waals surface area contributed by atoms with Gasteiger partial charge in [-0.05, 0) is 27.2 Å². The minimum absolute atomic E-state index is 0.000362. The maximum absolute atomic E-state index is 12.4. The summed E-state index contributed by atoms with van der Waals surface area (Å²) in [6.07, 6.45) is 4.18. The van der Waals surface area contributed by atoms with E-state index in [0.29, 0.717) is 18.8 Å². The zero-order valence-corrected chi connectivity index (χ0v) is 13.7. The Bertz CT molecular complexity index is 606. The van der Waals surface area contributed by atoms with Crippen LogP contribution in [0.1, 0.15) is 27.2 Å². The zero-order valence-electron chi connectivity index (χ0n) is 13.7. The van der Waals surface area contributed by atoms with Crippen molar-refractivity contribution in [3.63, 3.8) is 0 Å². The molecule has 0 saturated carbocycles. The van der Waals surface area contributed by atoms with Gasteiger partial charge in [-0.2, -0.15) is 5.10 Å². The van der Waals surface area contributed by atoms with Crippen molar-refractivity contribution in [1.82, 2.24) is 20.0 Å². The molecule has 126 valence electrons. The number of anilines is 1. The van der Waals surface area contributed by atoms with Gasteiger partial charge >= 0.3 is 6.03 Å². The minimum Gasteiger partial charge on any atom is -0.366 e. The number of aromatic nitrogens is 2. The minimum atomic E-state index is -0.184. The first-order valence-electron chi connectivity index (χ1n) is 7.85. The van der Waals surface area contributed by atoms with Gasteiger partial charge in [-0.1, -0.05) is 0 Å². The summed E-state index contributed by atoms with van der Waals surface area (Å²) < 4.78 is 7.31. The lowest BCUT2D eigenvalue weighted by atomic mass is 10.0. The van der Waals surface area contributed by atoms with Gasteiger partial charge in [-0.15, -0.1) is 0 Å². The molecule has 0 spiro atoms. The molecule has 23 heavy (non-hydrogen) atoms. The summed E-state index contributed by atoms with van der Waals surface area (Å²) in [4.78, 5) is 25.5. The van der Waals surface area contributed by atoms with Gasteiger partial charge in [0.2, 0.25) is 5.91 Å². The highest BCUT2D eigenvalue weighted by Crippen LogP contribution is 2.19. The van der Waals surface area contributed by atoms with E-state index in [4.69, 9.17) is 4.74 Å². The SMILES string of the molecule is CC(C)(C)n1cc(NC(=O)N2CC[C@H]3OCC(=O)N[C@H]3C2)cn1. The van der Waals surface area contributed by atoms with Crippen LogP contribution in [0.2, 0.25) is 0 Å². The van der Waals surface area contributed by atoms with E-state index in [2.05, 4.69) is 15.7 Å². The molecule has 2 aliphatic rings. The van der Waals surface area contributed by atoms with E-state index in [-0.39, 0.29) is 36.2 Å². The quantitative estimate of drug-likeness (QED) is 0.799. The second kappa shape index (κ2) is 5.84. The van der Waals surface area contributed by atoms with Crippen LogP contribution >= 0.6 is 0 Å². The van der Waals surface area contributed by atoms with E-state index in [1.807, 2.05) is 31.6 Å². The van der Waals surface area contributed by atoms with Crippen molar-refractivity contribution in [3.05, 3.63) is 12.4 Å². The van der Waals surface area contributed by atoms with E-state index in [1.165, 1.54) is 0 Å². The number of urea groups is 1. The Balaban J connectivity index is 1.60. The summed E-state index contributed by atoms with van der Waals surface area (Å²) in [6, 6.07) is -0.315. The molecule has 3 rings (SSSR count). The predicted octanol–water partition coefficient (Wildman–Crippen LogP) is 0.759. The lowest BCUT2D eigenvalue weighted by Crippen LogP contribution is -2.61. The van der Waals surface area contributed by atoms with Gasteiger partial charge in [0.05, 0.1) is 29.6 Å². The largest absolute Gasteiger partial charge is 0.366 e. The van der Waals surface area contributed by atoms with Crippen LogP contribution < -0.4 is 10.6 Å². The van der Waals surface area contributed by atoms with Crippen LogP contribution in [0.25, 0.3) is 0 Å². The van der Waals surface area contributed by atoms with Crippen molar-refractivity contribution in [2.24, 2.45) is 0 Å². The summed E-state index contributed by atoms with van der Waals surface area (Å²) in [5.41, 5.74) is 0.529. The van der Waals surface area contributed by atoms with Crippen molar-refractivity contribution >= 4 is 17.6 Å². The average molecular weight is 321 g/mol. The van der Waals surface area contributed by atoms with Crippen molar-refractivity contribution < 1.29 is 14.3 Å². The summed E-state index contributed by atoms with van der Waals surface area (Å²) in [7, 11) is 0. The van der Waals surface area contributed by atoms with Crippen molar-refractivity contribution in [2.75, 3.05) is 25.0 Å². The fourth-order valence-electron chi connectivity index (χ4n) is 2.84. The summed E-state index contributed by atoms with van der Waals surface area (Å²) in [6.45, 7) is 7.30. The number of fused-ring (bicyclic) bond motifs is 1. The van der Waals surface area contributed by atoms with Gasteiger partial charge < -0.3 is 20.3 Å². The van der Waals surface area contributed by atoms with Gasteiger partial charge in [0.15, 0.2) is 0 Å². The van der Waals surface area contributed by atoms with E-state index in [0.717, 1.165) is 6.42 Å². The topological polar surface area (TPSA) is 88.5 Å². The standard InChI is InChI=1S/C15H23N5O3/c1-15(2,3)20-7-10(6-16-20)17-14(22)19-5-4-12-11(8-19)18-13(21)9-23-12/h6-7,11-12H,4-5,8-9H2,1-3H3,(H,17,22)(H,18,21)/t11-,12+/m0/s1. The number of carbonyl (C=O) groups excluding carboxylic acids is 2. The van der Waals surface area contributed by atoms with Crippen molar-refractivity contribution in [3.8, 4) is 0 Å². The van der Waals surface area contributed by atoms with Gasteiger partial charge in [-0.25, -0.2) is 4.79 Å². The Morgan fingerprint density at radius 3 is 2.96 bits per heavy atom. The molecule has 0 radical (unpaired) electrons. The third-order valence-electron chi connectivity index (χ3n) is 4.13. The molecule has 8 nitrogen and oxygen atoms in total. The van der Waals surface area contributed by atoms with Crippen LogP contribution in [0.3, 0.4) is 0 Å². The molecule has 0 aliphatic carbocycles. The lowest BCUT2D eigenvalue weighted by molar-refractivity contribution is -0.139. The Hall–Kier alpha value is -2.09. The maximum Gasteiger partial charge on any atom is 0.322 e. The molecule has 1 aromatic heterocycles. The van der Waals surface area contributed by atoms with E-state index >= 15 is 0 Å².